The number of hydrogen-bond donors (Lipinski definition) is 0. The predicted molar refractivity (Wildman–Crippen MR) is 66.9 cm³/mol. The first-order valence-corrected chi connectivity index (χ1v) is 6.61. The average Bonchev–Trinajstić information content (AvgIpc) is 3.13. The smallest absolute Gasteiger partial charge is 0.434 e. The number of carbonyl (C=O) groups is 1. The normalized spacial score (nSPS) is 28.1. The molecule has 0 spiro atoms. The first kappa shape index (κ1) is 12.4. The highest BCUT2D eigenvalue weighted by atomic mass is 16.9. The van der Waals surface area contributed by atoms with Crippen LogP contribution in [0.3, 0.4) is 0 Å². The Morgan fingerprint density at radius 1 is 1.37 bits per heavy atom. The maximum atomic E-state index is 12.0. The summed E-state index contributed by atoms with van der Waals surface area (Å²) in [6.45, 7) is 2.33. The van der Waals surface area contributed by atoms with Crippen LogP contribution in [-0.4, -0.2) is 29.6 Å². The zero-order valence-electron chi connectivity index (χ0n) is 10.8. The van der Waals surface area contributed by atoms with E-state index in [0.717, 1.165) is 18.4 Å². The first-order chi connectivity index (χ1) is 9.29. The van der Waals surface area contributed by atoms with Gasteiger partial charge < -0.3 is 9.47 Å². The second-order valence-corrected chi connectivity index (χ2v) is 4.80. The summed E-state index contributed by atoms with van der Waals surface area (Å²) >= 11 is 0. The number of hydroxylamine groups is 2. The van der Waals surface area contributed by atoms with Gasteiger partial charge in [-0.25, -0.2) is 9.63 Å². The van der Waals surface area contributed by atoms with Crippen molar-refractivity contribution >= 4 is 6.09 Å². The topological polar surface area (TPSA) is 51.3 Å². The van der Waals surface area contributed by atoms with Crippen molar-refractivity contribution in [3.8, 4) is 0 Å². The van der Waals surface area contributed by atoms with E-state index in [2.05, 4.69) is 6.92 Å². The van der Waals surface area contributed by atoms with Gasteiger partial charge in [-0.05, 0) is 12.0 Å². The molecule has 5 heteroatoms. The molecule has 0 N–H and O–H groups in total. The summed E-state index contributed by atoms with van der Waals surface area (Å²) in [5, 5.41) is 1.34. The Hall–Kier alpha value is -1.59. The van der Waals surface area contributed by atoms with Gasteiger partial charge in [-0.3, -0.25) is 0 Å². The SMILES string of the molecule is CCC[C@@H]1[C@H]2O[C@H]2ON1C(=O)OCc1ccccc1. The molecule has 102 valence electrons. The van der Waals surface area contributed by atoms with Gasteiger partial charge in [0.2, 0.25) is 6.29 Å². The molecule has 0 unspecified atom stereocenters. The third-order valence-corrected chi connectivity index (χ3v) is 3.35. The molecule has 1 amide bonds. The maximum Gasteiger partial charge on any atom is 0.434 e. The van der Waals surface area contributed by atoms with Gasteiger partial charge in [-0.1, -0.05) is 43.7 Å². The van der Waals surface area contributed by atoms with Gasteiger partial charge >= 0.3 is 6.09 Å². The van der Waals surface area contributed by atoms with Crippen molar-refractivity contribution in [2.24, 2.45) is 0 Å². The first-order valence-electron chi connectivity index (χ1n) is 6.61. The Kier molecular flexibility index (Phi) is 3.40. The molecule has 3 rings (SSSR count). The Balaban J connectivity index is 1.55. The van der Waals surface area contributed by atoms with Crippen molar-refractivity contribution in [2.45, 2.75) is 44.8 Å². The number of amides is 1. The number of ether oxygens (including phenoxy) is 2. The molecule has 19 heavy (non-hydrogen) atoms. The number of hydrogen-bond acceptors (Lipinski definition) is 4. The molecule has 2 fully saturated rings. The van der Waals surface area contributed by atoms with Crippen molar-refractivity contribution in [3.05, 3.63) is 35.9 Å². The van der Waals surface area contributed by atoms with Crippen LogP contribution >= 0.6 is 0 Å². The number of rotatable bonds is 4. The van der Waals surface area contributed by atoms with Gasteiger partial charge in [0.15, 0.2) is 0 Å². The summed E-state index contributed by atoms with van der Waals surface area (Å²) < 4.78 is 10.6. The van der Waals surface area contributed by atoms with Gasteiger partial charge in [0.25, 0.3) is 0 Å². The lowest BCUT2D eigenvalue weighted by Crippen LogP contribution is -2.39. The summed E-state index contributed by atoms with van der Waals surface area (Å²) in [4.78, 5) is 17.4. The number of benzene rings is 1. The molecule has 2 aliphatic heterocycles. The average molecular weight is 263 g/mol. The van der Waals surface area contributed by atoms with E-state index in [9.17, 15) is 4.79 Å². The third-order valence-electron chi connectivity index (χ3n) is 3.35. The van der Waals surface area contributed by atoms with Crippen LogP contribution in [0.1, 0.15) is 25.3 Å². The van der Waals surface area contributed by atoms with Gasteiger partial charge in [-0.15, -0.1) is 0 Å². The molecule has 0 bridgehead atoms. The fourth-order valence-electron chi connectivity index (χ4n) is 2.33. The van der Waals surface area contributed by atoms with E-state index in [0.29, 0.717) is 0 Å². The standard InChI is InChI=1S/C14H17NO4/c1-2-6-11-12-13(18-12)19-15(11)14(16)17-9-10-7-4-3-5-8-10/h3-5,7-8,11-13H,2,6,9H2,1H3/t11-,12-,13+/m1/s1. The number of nitrogens with zero attached hydrogens (tertiary/aromatic N) is 1. The lowest BCUT2D eigenvalue weighted by atomic mass is 10.1. The zero-order valence-corrected chi connectivity index (χ0v) is 10.8. The van der Waals surface area contributed by atoms with E-state index in [4.69, 9.17) is 14.3 Å². The molecule has 0 aromatic heterocycles. The van der Waals surface area contributed by atoms with Crippen LogP contribution < -0.4 is 0 Å². The molecular formula is C14H17NO4. The van der Waals surface area contributed by atoms with Crippen LogP contribution in [0.25, 0.3) is 0 Å². The van der Waals surface area contributed by atoms with Crippen LogP contribution in [0.15, 0.2) is 30.3 Å². The van der Waals surface area contributed by atoms with E-state index in [-0.39, 0.29) is 25.0 Å². The van der Waals surface area contributed by atoms with Crippen molar-refractivity contribution in [1.29, 1.82) is 0 Å². The van der Waals surface area contributed by atoms with Crippen molar-refractivity contribution in [3.63, 3.8) is 0 Å². The van der Waals surface area contributed by atoms with Gasteiger partial charge in [0.05, 0.1) is 6.04 Å². The van der Waals surface area contributed by atoms with Crippen LogP contribution in [0, 0.1) is 0 Å². The van der Waals surface area contributed by atoms with Crippen LogP contribution in [0.4, 0.5) is 4.79 Å². The number of epoxide rings is 1. The molecule has 0 radical (unpaired) electrons. The maximum absolute atomic E-state index is 12.0. The van der Waals surface area contributed by atoms with E-state index in [1.165, 1.54) is 5.06 Å². The third kappa shape index (κ3) is 2.57. The molecule has 2 heterocycles. The molecular weight excluding hydrogens is 246 g/mol. The highest BCUT2D eigenvalue weighted by Crippen LogP contribution is 2.40. The van der Waals surface area contributed by atoms with Gasteiger partial charge in [-0.2, -0.15) is 5.06 Å². The lowest BCUT2D eigenvalue weighted by molar-refractivity contribution is -0.183. The monoisotopic (exact) mass is 263 g/mol. The fourth-order valence-corrected chi connectivity index (χ4v) is 2.33. The van der Waals surface area contributed by atoms with Crippen molar-refractivity contribution in [1.82, 2.24) is 5.06 Å². The molecule has 0 aliphatic carbocycles. The summed E-state index contributed by atoms with van der Waals surface area (Å²) in [6, 6.07) is 9.58. The molecule has 3 atom stereocenters. The van der Waals surface area contributed by atoms with Crippen molar-refractivity contribution < 1.29 is 19.1 Å². The molecule has 1 aromatic carbocycles. The second kappa shape index (κ2) is 5.19. The Bertz CT molecular complexity index is 450. The highest BCUT2D eigenvalue weighted by molar-refractivity contribution is 5.67. The molecule has 5 nitrogen and oxygen atoms in total. The minimum Gasteiger partial charge on any atom is -0.443 e. The molecule has 1 aromatic rings. The minimum absolute atomic E-state index is 0.0155. The van der Waals surface area contributed by atoms with Gasteiger partial charge in [0, 0.05) is 0 Å². The fraction of sp³-hybridized carbons (Fsp3) is 0.500. The summed E-state index contributed by atoms with van der Waals surface area (Å²) in [6.07, 6.45) is 1.19. The van der Waals surface area contributed by atoms with Gasteiger partial charge in [0.1, 0.15) is 12.7 Å². The molecule has 2 saturated heterocycles. The van der Waals surface area contributed by atoms with E-state index in [1.807, 2.05) is 30.3 Å². The van der Waals surface area contributed by atoms with Crippen LogP contribution in [0.5, 0.6) is 0 Å². The van der Waals surface area contributed by atoms with E-state index >= 15 is 0 Å². The summed E-state index contributed by atoms with van der Waals surface area (Å²) in [7, 11) is 0. The van der Waals surface area contributed by atoms with E-state index < -0.39 is 6.09 Å². The predicted octanol–water partition coefficient (Wildman–Crippen LogP) is 2.46. The highest BCUT2D eigenvalue weighted by Gasteiger charge is 2.58. The molecule has 2 aliphatic rings. The summed E-state index contributed by atoms with van der Waals surface area (Å²) in [5.41, 5.74) is 0.962. The Morgan fingerprint density at radius 2 is 2.16 bits per heavy atom. The Labute approximate surface area is 112 Å². The zero-order chi connectivity index (χ0) is 13.2. The quantitative estimate of drug-likeness (QED) is 0.783. The Morgan fingerprint density at radius 3 is 2.89 bits per heavy atom. The summed E-state index contributed by atoms with van der Waals surface area (Å²) in [5.74, 6) is 0. The second-order valence-electron chi connectivity index (χ2n) is 4.80. The van der Waals surface area contributed by atoms with Crippen LogP contribution in [-0.2, 0) is 20.9 Å². The minimum atomic E-state index is -0.432. The number of fused-ring (bicyclic) bond motifs is 1. The van der Waals surface area contributed by atoms with E-state index in [1.54, 1.807) is 0 Å². The lowest BCUT2D eigenvalue weighted by Gasteiger charge is -2.23. The number of carbonyl (C=O) groups excluding carboxylic acids is 1. The van der Waals surface area contributed by atoms with Crippen molar-refractivity contribution in [2.75, 3.05) is 0 Å². The van der Waals surface area contributed by atoms with Crippen LogP contribution in [0.2, 0.25) is 0 Å². The molecule has 0 saturated carbocycles. The largest absolute Gasteiger partial charge is 0.443 e.